The number of aromatic nitrogens is 1. The van der Waals surface area contributed by atoms with Crippen LogP contribution in [0.25, 0.3) is 0 Å². The zero-order valence-electron chi connectivity index (χ0n) is 16.3. The number of pyridine rings is 1. The van der Waals surface area contributed by atoms with Crippen LogP contribution in [-0.2, 0) is 0 Å². The first-order valence-electron chi connectivity index (χ1n) is 9.70. The summed E-state index contributed by atoms with van der Waals surface area (Å²) in [5.41, 5.74) is 1.48. The van der Waals surface area contributed by atoms with Crippen molar-refractivity contribution in [1.29, 1.82) is 0 Å². The lowest BCUT2D eigenvalue weighted by atomic mass is 9.99. The molecule has 1 aliphatic heterocycles. The predicted molar refractivity (Wildman–Crippen MR) is 108 cm³/mol. The van der Waals surface area contributed by atoms with Crippen molar-refractivity contribution in [2.45, 2.75) is 45.6 Å². The third-order valence-corrected chi connectivity index (χ3v) is 5.09. The second kappa shape index (κ2) is 8.78. The number of carbonyl (C=O) groups excluding carboxylic acids is 3. The quantitative estimate of drug-likeness (QED) is 0.798. The fourth-order valence-corrected chi connectivity index (χ4v) is 3.53. The third kappa shape index (κ3) is 4.44. The maximum Gasteiger partial charge on any atom is 0.274 e. The van der Waals surface area contributed by atoms with Crippen molar-refractivity contribution in [1.82, 2.24) is 9.88 Å². The Morgan fingerprint density at radius 2 is 1.86 bits per heavy atom. The molecule has 2 heterocycles. The molecule has 0 saturated carbocycles. The second-order valence-electron chi connectivity index (χ2n) is 7.06. The van der Waals surface area contributed by atoms with Crippen LogP contribution in [0.2, 0.25) is 0 Å². The number of nitrogens with zero attached hydrogens (tertiary/aromatic N) is 2. The van der Waals surface area contributed by atoms with Crippen LogP contribution in [0.4, 0.5) is 5.69 Å². The Labute approximate surface area is 165 Å². The number of anilines is 1. The fraction of sp³-hybridized carbons (Fsp3) is 0.364. The maximum absolute atomic E-state index is 12.9. The van der Waals surface area contributed by atoms with E-state index in [1.807, 2.05) is 4.90 Å². The molecule has 2 amide bonds. The Morgan fingerprint density at radius 1 is 1.11 bits per heavy atom. The second-order valence-corrected chi connectivity index (χ2v) is 7.06. The van der Waals surface area contributed by atoms with Crippen molar-refractivity contribution in [2.75, 3.05) is 11.9 Å². The highest BCUT2D eigenvalue weighted by Gasteiger charge is 2.27. The van der Waals surface area contributed by atoms with Gasteiger partial charge in [-0.1, -0.05) is 25.1 Å². The monoisotopic (exact) mass is 379 g/mol. The Kier molecular flexibility index (Phi) is 6.19. The van der Waals surface area contributed by atoms with Gasteiger partial charge in [0.05, 0.1) is 0 Å². The molecule has 0 spiro atoms. The van der Waals surface area contributed by atoms with Crippen molar-refractivity contribution < 1.29 is 14.4 Å². The molecule has 1 aromatic heterocycles. The molecule has 1 saturated heterocycles. The normalized spacial score (nSPS) is 16.5. The van der Waals surface area contributed by atoms with Crippen LogP contribution in [0.5, 0.6) is 0 Å². The van der Waals surface area contributed by atoms with Gasteiger partial charge in [0.2, 0.25) is 0 Å². The zero-order chi connectivity index (χ0) is 20.1. The average molecular weight is 379 g/mol. The van der Waals surface area contributed by atoms with Gasteiger partial charge in [-0.3, -0.25) is 14.4 Å². The van der Waals surface area contributed by atoms with E-state index in [4.69, 9.17) is 0 Å². The highest BCUT2D eigenvalue weighted by Crippen LogP contribution is 2.21. The minimum Gasteiger partial charge on any atom is -0.334 e. The van der Waals surface area contributed by atoms with Crippen LogP contribution in [0.1, 0.15) is 70.9 Å². The van der Waals surface area contributed by atoms with Crippen molar-refractivity contribution in [3.63, 3.8) is 0 Å². The standard InChI is InChI=1S/C22H25N3O3/c1-3-18-10-4-5-13-25(18)22(28)20-12-7-11-19(24-20)21(27)23-17-9-6-8-16(14-17)15(2)26/h6-9,11-12,14,18H,3-5,10,13H2,1-2H3,(H,23,27). The van der Waals surface area contributed by atoms with Crippen LogP contribution < -0.4 is 5.32 Å². The molecule has 1 atom stereocenters. The van der Waals surface area contributed by atoms with E-state index in [-0.39, 0.29) is 29.1 Å². The summed E-state index contributed by atoms with van der Waals surface area (Å²) in [6.45, 7) is 4.29. The number of rotatable bonds is 5. The van der Waals surface area contributed by atoms with E-state index in [1.165, 1.54) is 6.92 Å². The number of likely N-dealkylation sites (tertiary alicyclic amines) is 1. The molecule has 1 fully saturated rings. The fourth-order valence-electron chi connectivity index (χ4n) is 3.53. The molecule has 1 aromatic carbocycles. The van der Waals surface area contributed by atoms with Gasteiger partial charge < -0.3 is 10.2 Å². The van der Waals surface area contributed by atoms with E-state index in [2.05, 4.69) is 17.2 Å². The first kappa shape index (κ1) is 19.7. The lowest BCUT2D eigenvalue weighted by molar-refractivity contribution is 0.0601. The molecule has 0 bridgehead atoms. The number of amides is 2. The summed E-state index contributed by atoms with van der Waals surface area (Å²) in [7, 11) is 0. The van der Waals surface area contributed by atoms with Gasteiger partial charge in [0.15, 0.2) is 5.78 Å². The number of hydrogen-bond donors (Lipinski definition) is 1. The van der Waals surface area contributed by atoms with E-state index < -0.39 is 5.91 Å². The number of Topliss-reactive ketones (excluding diaryl/α,β-unsaturated/α-hetero) is 1. The van der Waals surface area contributed by atoms with Crippen LogP contribution in [-0.4, -0.2) is 40.1 Å². The number of piperidine rings is 1. The number of benzene rings is 1. The molecule has 3 rings (SSSR count). The molecular weight excluding hydrogens is 354 g/mol. The molecule has 2 aromatic rings. The van der Waals surface area contributed by atoms with Crippen LogP contribution in [0, 0.1) is 0 Å². The Bertz CT molecular complexity index is 894. The van der Waals surface area contributed by atoms with E-state index >= 15 is 0 Å². The van der Waals surface area contributed by atoms with Crippen LogP contribution in [0.3, 0.4) is 0 Å². The first-order valence-corrected chi connectivity index (χ1v) is 9.70. The van der Waals surface area contributed by atoms with Crippen LogP contribution in [0.15, 0.2) is 42.5 Å². The number of hydrogen-bond acceptors (Lipinski definition) is 4. The number of nitrogens with one attached hydrogen (secondary N) is 1. The van der Waals surface area contributed by atoms with Gasteiger partial charge in [-0.2, -0.15) is 0 Å². The molecule has 146 valence electrons. The lowest BCUT2D eigenvalue weighted by Gasteiger charge is -2.35. The molecule has 1 N–H and O–H groups in total. The van der Waals surface area contributed by atoms with E-state index in [0.29, 0.717) is 11.3 Å². The zero-order valence-corrected chi connectivity index (χ0v) is 16.3. The lowest BCUT2D eigenvalue weighted by Crippen LogP contribution is -2.43. The largest absolute Gasteiger partial charge is 0.334 e. The van der Waals surface area contributed by atoms with Crippen molar-refractivity contribution in [3.8, 4) is 0 Å². The molecule has 6 nitrogen and oxygen atoms in total. The molecule has 1 aliphatic rings. The van der Waals surface area contributed by atoms with Crippen molar-refractivity contribution in [3.05, 3.63) is 59.4 Å². The summed E-state index contributed by atoms with van der Waals surface area (Å²) in [5.74, 6) is -0.616. The summed E-state index contributed by atoms with van der Waals surface area (Å²) in [6.07, 6.45) is 4.06. The van der Waals surface area contributed by atoms with Crippen molar-refractivity contribution in [2.24, 2.45) is 0 Å². The van der Waals surface area contributed by atoms with Gasteiger partial charge in [-0.05, 0) is 56.9 Å². The Morgan fingerprint density at radius 3 is 2.61 bits per heavy atom. The summed E-state index contributed by atoms with van der Waals surface area (Å²) in [5, 5.41) is 2.74. The van der Waals surface area contributed by atoms with E-state index in [1.54, 1.807) is 42.5 Å². The van der Waals surface area contributed by atoms with Gasteiger partial charge in [0.1, 0.15) is 11.4 Å². The molecular formula is C22H25N3O3. The highest BCUT2D eigenvalue weighted by atomic mass is 16.2. The average Bonchev–Trinajstić information content (AvgIpc) is 2.73. The molecule has 0 aliphatic carbocycles. The maximum atomic E-state index is 12.9. The summed E-state index contributed by atoms with van der Waals surface area (Å²) >= 11 is 0. The molecule has 6 heteroatoms. The Hall–Kier alpha value is -3.02. The van der Waals surface area contributed by atoms with Gasteiger partial charge in [-0.15, -0.1) is 0 Å². The van der Waals surface area contributed by atoms with Gasteiger partial charge >= 0.3 is 0 Å². The van der Waals surface area contributed by atoms with E-state index in [9.17, 15) is 14.4 Å². The summed E-state index contributed by atoms with van der Waals surface area (Å²) in [4.78, 5) is 43.2. The molecule has 0 radical (unpaired) electrons. The summed E-state index contributed by atoms with van der Waals surface area (Å²) < 4.78 is 0. The minimum absolute atomic E-state index is 0.0752. The SMILES string of the molecule is CCC1CCCCN1C(=O)c1cccc(C(=O)Nc2cccc(C(C)=O)c2)n1. The number of carbonyl (C=O) groups is 3. The van der Waals surface area contributed by atoms with E-state index in [0.717, 1.165) is 32.2 Å². The smallest absolute Gasteiger partial charge is 0.274 e. The molecule has 28 heavy (non-hydrogen) atoms. The van der Waals surface area contributed by atoms with Crippen molar-refractivity contribution >= 4 is 23.3 Å². The molecule has 1 unspecified atom stereocenters. The van der Waals surface area contributed by atoms with Crippen LogP contribution >= 0.6 is 0 Å². The minimum atomic E-state index is -0.416. The van der Waals surface area contributed by atoms with Gasteiger partial charge in [-0.25, -0.2) is 4.98 Å². The van der Waals surface area contributed by atoms with Gasteiger partial charge in [0.25, 0.3) is 11.8 Å². The number of ketones is 1. The third-order valence-electron chi connectivity index (χ3n) is 5.09. The predicted octanol–water partition coefficient (Wildman–Crippen LogP) is 3.94. The Balaban J connectivity index is 1.77. The highest BCUT2D eigenvalue weighted by molar-refractivity contribution is 6.04. The summed E-state index contributed by atoms with van der Waals surface area (Å²) in [6, 6.07) is 11.9. The first-order chi connectivity index (χ1) is 13.5. The van der Waals surface area contributed by atoms with Gasteiger partial charge in [0, 0.05) is 23.8 Å². The topological polar surface area (TPSA) is 79.4 Å².